The summed E-state index contributed by atoms with van der Waals surface area (Å²) in [6, 6.07) is 10.9. The molecule has 0 aliphatic heterocycles. The zero-order valence-electron chi connectivity index (χ0n) is 13.8. The minimum atomic E-state index is -0.215. The van der Waals surface area contributed by atoms with E-state index >= 15 is 0 Å². The summed E-state index contributed by atoms with van der Waals surface area (Å²) in [4.78, 5) is 20.5. The van der Waals surface area contributed by atoms with E-state index < -0.39 is 0 Å². The molecule has 6 heteroatoms. The lowest BCUT2D eigenvalue weighted by atomic mass is 10.2. The second-order valence-electron chi connectivity index (χ2n) is 5.38. The Morgan fingerprint density at radius 1 is 1.08 bits per heavy atom. The van der Waals surface area contributed by atoms with E-state index in [2.05, 4.69) is 15.3 Å². The molecule has 0 bridgehead atoms. The van der Waals surface area contributed by atoms with Crippen LogP contribution in [0.2, 0.25) is 0 Å². The first-order valence-electron chi connectivity index (χ1n) is 7.51. The number of hydrogen-bond donors (Lipinski definition) is 1. The molecule has 6 nitrogen and oxygen atoms in total. The average Bonchev–Trinajstić information content (AvgIpc) is 2.95. The predicted molar refractivity (Wildman–Crippen MR) is 91.8 cm³/mol. The number of nitrogens with one attached hydrogen (secondary N) is 1. The summed E-state index contributed by atoms with van der Waals surface area (Å²) < 4.78 is 6.99. The highest BCUT2D eigenvalue weighted by Crippen LogP contribution is 2.17. The highest BCUT2D eigenvalue weighted by molar-refractivity contribution is 6.04. The van der Waals surface area contributed by atoms with Crippen molar-refractivity contribution in [3.05, 3.63) is 65.9 Å². The zero-order valence-corrected chi connectivity index (χ0v) is 13.8. The first kappa shape index (κ1) is 15.7. The quantitative estimate of drug-likeness (QED) is 0.801. The van der Waals surface area contributed by atoms with Crippen LogP contribution in [0.25, 0.3) is 5.69 Å². The molecule has 2 aromatic heterocycles. The van der Waals surface area contributed by atoms with E-state index in [-0.39, 0.29) is 5.91 Å². The largest absolute Gasteiger partial charge is 0.481 e. The highest BCUT2D eigenvalue weighted by Gasteiger charge is 2.08. The fourth-order valence-corrected chi connectivity index (χ4v) is 2.30. The van der Waals surface area contributed by atoms with Gasteiger partial charge in [0.15, 0.2) is 0 Å². The van der Waals surface area contributed by atoms with E-state index in [9.17, 15) is 4.79 Å². The molecule has 0 aliphatic carbocycles. The van der Waals surface area contributed by atoms with Gasteiger partial charge in [-0.1, -0.05) is 0 Å². The summed E-state index contributed by atoms with van der Waals surface area (Å²) in [5, 5.41) is 2.85. The number of hydrogen-bond acceptors (Lipinski definition) is 4. The maximum atomic E-state index is 12.2. The van der Waals surface area contributed by atoms with E-state index in [1.807, 2.05) is 42.7 Å². The fraction of sp³-hybridized carbons (Fsp3) is 0.167. The average molecular weight is 322 g/mol. The second kappa shape index (κ2) is 6.54. The third kappa shape index (κ3) is 3.12. The van der Waals surface area contributed by atoms with Crippen molar-refractivity contribution in [2.45, 2.75) is 13.8 Å². The SMILES string of the molecule is COc1ccc(C(=O)Nc2ccc(-n3cnc(C)c3C)cc2)cn1. The van der Waals surface area contributed by atoms with Crippen LogP contribution in [0, 0.1) is 13.8 Å². The Labute approximate surface area is 140 Å². The molecule has 1 N–H and O–H groups in total. The lowest BCUT2D eigenvalue weighted by molar-refractivity contribution is 0.102. The molecule has 122 valence electrons. The summed E-state index contributed by atoms with van der Waals surface area (Å²) in [5.74, 6) is 0.259. The molecule has 0 radical (unpaired) electrons. The minimum absolute atomic E-state index is 0.215. The number of anilines is 1. The number of ether oxygens (including phenoxy) is 1. The number of methoxy groups -OCH3 is 1. The Morgan fingerprint density at radius 3 is 2.38 bits per heavy atom. The van der Waals surface area contributed by atoms with Gasteiger partial charge in [-0.15, -0.1) is 0 Å². The molecule has 0 fully saturated rings. The molecule has 3 rings (SSSR count). The third-order valence-electron chi connectivity index (χ3n) is 3.86. The van der Waals surface area contributed by atoms with Crippen molar-refractivity contribution in [1.82, 2.24) is 14.5 Å². The molecule has 0 saturated heterocycles. The van der Waals surface area contributed by atoms with Crippen LogP contribution in [-0.4, -0.2) is 27.6 Å². The smallest absolute Gasteiger partial charge is 0.257 e. The zero-order chi connectivity index (χ0) is 17.1. The summed E-state index contributed by atoms with van der Waals surface area (Å²) >= 11 is 0. The topological polar surface area (TPSA) is 69.0 Å². The summed E-state index contributed by atoms with van der Waals surface area (Å²) in [6.07, 6.45) is 3.28. The van der Waals surface area contributed by atoms with Crippen molar-refractivity contribution in [3.8, 4) is 11.6 Å². The highest BCUT2D eigenvalue weighted by atomic mass is 16.5. The lowest BCUT2D eigenvalue weighted by Crippen LogP contribution is -2.12. The van der Waals surface area contributed by atoms with Crippen molar-refractivity contribution in [2.75, 3.05) is 12.4 Å². The molecule has 0 aliphatic rings. The van der Waals surface area contributed by atoms with Gasteiger partial charge in [-0.3, -0.25) is 4.79 Å². The molecule has 24 heavy (non-hydrogen) atoms. The number of aryl methyl sites for hydroxylation is 1. The summed E-state index contributed by atoms with van der Waals surface area (Å²) in [7, 11) is 1.53. The predicted octanol–water partition coefficient (Wildman–Crippen LogP) is 3.15. The van der Waals surface area contributed by atoms with E-state index in [4.69, 9.17) is 4.74 Å². The van der Waals surface area contributed by atoms with Gasteiger partial charge in [0.05, 0.1) is 24.7 Å². The standard InChI is InChI=1S/C18H18N4O2/c1-12-13(2)22(11-20-12)16-7-5-15(6-8-16)21-18(23)14-4-9-17(24-3)19-10-14/h4-11H,1-3H3,(H,21,23). The number of pyridine rings is 1. The van der Waals surface area contributed by atoms with Crippen LogP contribution in [-0.2, 0) is 0 Å². The van der Waals surface area contributed by atoms with E-state index in [1.165, 1.54) is 13.3 Å². The molecule has 0 atom stereocenters. The maximum Gasteiger partial charge on any atom is 0.257 e. The van der Waals surface area contributed by atoms with Crippen LogP contribution in [0.5, 0.6) is 5.88 Å². The van der Waals surface area contributed by atoms with Crippen molar-refractivity contribution in [3.63, 3.8) is 0 Å². The molecule has 3 aromatic rings. The van der Waals surface area contributed by atoms with Gasteiger partial charge in [0.2, 0.25) is 5.88 Å². The molecular weight excluding hydrogens is 304 g/mol. The van der Waals surface area contributed by atoms with Crippen molar-refractivity contribution in [1.29, 1.82) is 0 Å². The van der Waals surface area contributed by atoms with Crippen LogP contribution in [0.1, 0.15) is 21.7 Å². The third-order valence-corrected chi connectivity index (χ3v) is 3.86. The first-order chi connectivity index (χ1) is 11.6. The molecule has 1 amide bonds. The Balaban J connectivity index is 1.73. The van der Waals surface area contributed by atoms with Gasteiger partial charge < -0.3 is 14.6 Å². The van der Waals surface area contributed by atoms with Gasteiger partial charge in [0, 0.05) is 29.3 Å². The molecule has 2 heterocycles. The number of carbonyl (C=O) groups excluding carboxylic acids is 1. The molecular formula is C18H18N4O2. The van der Waals surface area contributed by atoms with Crippen molar-refractivity contribution >= 4 is 11.6 Å². The number of benzene rings is 1. The number of carbonyl (C=O) groups is 1. The van der Waals surface area contributed by atoms with Gasteiger partial charge in [-0.05, 0) is 44.2 Å². The van der Waals surface area contributed by atoms with Crippen LogP contribution in [0.4, 0.5) is 5.69 Å². The maximum absolute atomic E-state index is 12.2. The minimum Gasteiger partial charge on any atom is -0.481 e. The Bertz CT molecular complexity index is 852. The van der Waals surface area contributed by atoms with Gasteiger partial charge >= 0.3 is 0 Å². The van der Waals surface area contributed by atoms with Crippen molar-refractivity contribution in [2.24, 2.45) is 0 Å². The van der Waals surface area contributed by atoms with Gasteiger partial charge in [0.25, 0.3) is 5.91 Å². The first-order valence-corrected chi connectivity index (χ1v) is 7.51. The molecule has 0 spiro atoms. The number of imidazole rings is 1. The molecule has 0 unspecified atom stereocenters. The number of nitrogens with zero attached hydrogens (tertiary/aromatic N) is 3. The van der Waals surface area contributed by atoms with Crippen LogP contribution >= 0.6 is 0 Å². The van der Waals surface area contributed by atoms with Crippen molar-refractivity contribution < 1.29 is 9.53 Å². The normalized spacial score (nSPS) is 10.5. The monoisotopic (exact) mass is 322 g/mol. The second-order valence-corrected chi connectivity index (χ2v) is 5.38. The van der Waals surface area contributed by atoms with Gasteiger partial charge in [-0.25, -0.2) is 9.97 Å². The Morgan fingerprint density at radius 2 is 1.83 bits per heavy atom. The molecule has 0 saturated carbocycles. The lowest BCUT2D eigenvalue weighted by Gasteiger charge is -2.09. The molecule has 1 aromatic carbocycles. The summed E-state index contributed by atoms with van der Waals surface area (Å²) in [6.45, 7) is 4.00. The number of rotatable bonds is 4. The van der Waals surface area contributed by atoms with E-state index in [0.717, 1.165) is 17.1 Å². The van der Waals surface area contributed by atoms with Crippen LogP contribution in [0.3, 0.4) is 0 Å². The van der Waals surface area contributed by atoms with Crippen LogP contribution < -0.4 is 10.1 Å². The number of amides is 1. The van der Waals surface area contributed by atoms with E-state index in [1.54, 1.807) is 18.5 Å². The van der Waals surface area contributed by atoms with Crippen LogP contribution in [0.15, 0.2) is 48.9 Å². The fourth-order valence-electron chi connectivity index (χ4n) is 2.30. The number of aromatic nitrogens is 3. The van der Waals surface area contributed by atoms with Gasteiger partial charge in [-0.2, -0.15) is 0 Å². The Hall–Kier alpha value is -3.15. The van der Waals surface area contributed by atoms with E-state index in [0.29, 0.717) is 17.1 Å². The summed E-state index contributed by atoms with van der Waals surface area (Å²) in [5.41, 5.74) is 4.28. The van der Waals surface area contributed by atoms with Gasteiger partial charge in [0.1, 0.15) is 0 Å². The Kier molecular flexibility index (Phi) is 4.29.